The van der Waals surface area contributed by atoms with E-state index in [1.807, 2.05) is 37.1 Å². The van der Waals surface area contributed by atoms with Gasteiger partial charge in [-0.1, -0.05) is 25.1 Å². The Morgan fingerprint density at radius 3 is 2.70 bits per heavy atom. The number of benzene rings is 2. The monoisotopic (exact) mass is 365 g/mol. The zero-order valence-corrected chi connectivity index (χ0v) is 15.8. The second-order valence-electron chi connectivity index (χ2n) is 6.93. The van der Waals surface area contributed by atoms with Crippen molar-refractivity contribution < 1.29 is 9.13 Å². The van der Waals surface area contributed by atoms with Crippen molar-refractivity contribution in [3.05, 3.63) is 70.5 Å². The molecule has 0 saturated carbocycles. The van der Waals surface area contributed by atoms with E-state index in [9.17, 15) is 4.39 Å². The first kappa shape index (κ1) is 19.1. The van der Waals surface area contributed by atoms with E-state index in [2.05, 4.69) is 6.07 Å². The Bertz CT molecular complexity index is 872. The van der Waals surface area contributed by atoms with Gasteiger partial charge in [0.05, 0.1) is 24.1 Å². The lowest BCUT2D eigenvalue weighted by molar-refractivity contribution is -0.0136. The summed E-state index contributed by atoms with van der Waals surface area (Å²) in [6, 6.07) is 14.3. The SMILES string of the molecule is CCC(=N)N(C)CCCC1(c2ccc(F)cc2)OCc2cc(C#N)ccc21. The summed E-state index contributed by atoms with van der Waals surface area (Å²) >= 11 is 0. The van der Waals surface area contributed by atoms with Crippen molar-refractivity contribution >= 4 is 5.84 Å². The molecule has 1 atom stereocenters. The average molecular weight is 365 g/mol. The third kappa shape index (κ3) is 3.72. The molecule has 27 heavy (non-hydrogen) atoms. The van der Waals surface area contributed by atoms with Gasteiger partial charge in [0.15, 0.2) is 0 Å². The zero-order chi connectivity index (χ0) is 19.4. The maximum absolute atomic E-state index is 13.5. The second kappa shape index (κ2) is 7.89. The summed E-state index contributed by atoms with van der Waals surface area (Å²) in [5, 5.41) is 17.1. The molecule has 2 aromatic rings. The molecule has 1 aliphatic heterocycles. The van der Waals surface area contributed by atoms with Crippen LogP contribution in [0.1, 0.15) is 48.4 Å². The van der Waals surface area contributed by atoms with Crippen LogP contribution < -0.4 is 0 Å². The number of nitrogens with one attached hydrogen (secondary N) is 1. The molecule has 0 spiro atoms. The fourth-order valence-electron chi connectivity index (χ4n) is 3.73. The van der Waals surface area contributed by atoms with Crippen LogP contribution >= 0.6 is 0 Å². The number of hydrogen-bond donors (Lipinski definition) is 1. The van der Waals surface area contributed by atoms with Crippen LogP contribution in [0.25, 0.3) is 0 Å². The van der Waals surface area contributed by atoms with Gasteiger partial charge < -0.3 is 9.64 Å². The van der Waals surface area contributed by atoms with Gasteiger partial charge >= 0.3 is 0 Å². The van der Waals surface area contributed by atoms with Crippen molar-refractivity contribution in [2.24, 2.45) is 0 Å². The van der Waals surface area contributed by atoms with Gasteiger partial charge in [-0.15, -0.1) is 0 Å². The third-order valence-corrected chi connectivity index (χ3v) is 5.27. The first-order valence-electron chi connectivity index (χ1n) is 9.22. The molecule has 2 aromatic carbocycles. The highest BCUT2D eigenvalue weighted by molar-refractivity contribution is 5.78. The molecule has 4 nitrogen and oxygen atoms in total. The lowest BCUT2D eigenvalue weighted by atomic mass is 9.81. The van der Waals surface area contributed by atoms with E-state index in [4.69, 9.17) is 15.4 Å². The number of fused-ring (bicyclic) bond motifs is 1. The standard InChI is InChI=1S/C22H24FN3O/c1-3-21(25)26(2)12-4-11-22(18-6-8-19(23)9-7-18)20-10-5-16(14-24)13-17(20)15-27-22/h5-10,13,25H,3-4,11-12,15H2,1-2H3. The highest BCUT2D eigenvalue weighted by Crippen LogP contribution is 2.45. The van der Waals surface area contributed by atoms with Gasteiger partial charge in [-0.2, -0.15) is 5.26 Å². The van der Waals surface area contributed by atoms with Crippen molar-refractivity contribution in [3.63, 3.8) is 0 Å². The van der Waals surface area contributed by atoms with E-state index >= 15 is 0 Å². The van der Waals surface area contributed by atoms with Gasteiger partial charge in [-0.25, -0.2) is 4.39 Å². The molecule has 3 rings (SSSR count). The topological polar surface area (TPSA) is 60.1 Å². The van der Waals surface area contributed by atoms with Gasteiger partial charge in [-0.3, -0.25) is 5.41 Å². The van der Waals surface area contributed by atoms with Gasteiger partial charge in [0.1, 0.15) is 11.4 Å². The molecule has 0 amide bonds. The van der Waals surface area contributed by atoms with Crippen LogP contribution in [-0.4, -0.2) is 24.3 Å². The molecule has 0 aromatic heterocycles. The molecular weight excluding hydrogens is 341 g/mol. The normalized spacial score (nSPS) is 18.0. The molecule has 0 fully saturated rings. The van der Waals surface area contributed by atoms with E-state index in [1.165, 1.54) is 12.1 Å². The molecule has 140 valence electrons. The maximum atomic E-state index is 13.5. The number of rotatable bonds is 6. The van der Waals surface area contributed by atoms with Crippen LogP contribution in [0.4, 0.5) is 4.39 Å². The lowest BCUT2D eigenvalue weighted by Gasteiger charge is -2.31. The summed E-state index contributed by atoms with van der Waals surface area (Å²) in [5.74, 6) is 0.334. The molecule has 1 N–H and O–H groups in total. The van der Waals surface area contributed by atoms with Gasteiger partial charge in [0, 0.05) is 20.0 Å². The molecule has 0 saturated heterocycles. The predicted octanol–water partition coefficient (Wildman–Crippen LogP) is 4.57. The molecule has 1 aliphatic rings. The van der Waals surface area contributed by atoms with Gasteiger partial charge in [-0.05, 0) is 53.8 Å². The Hall–Kier alpha value is -2.71. The Labute approximate surface area is 159 Å². The highest BCUT2D eigenvalue weighted by atomic mass is 19.1. The van der Waals surface area contributed by atoms with E-state index in [0.29, 0.717) is 24.4 Å². The van der Waals surface area contributed by atoms with Crippen molar-refractivity contribution in [2.75, 3.05) is 13.6 Å². The Kier molecular flexibility index (Phi) is 5.57. The molecule has 0 radical (unpaired) electrons. The Morgan fingerprint density at radius 2 is 2.04 bits per heavy atom. The smallest absolute Gasteiger partial charge is 0.123 e. The van der Waals surface area contributed by atoms with Gasteiger partial charge in [0.25, 0.3) is 0 Å². The minimum atomic E-state index is -0.647. The number of amidine groups is 1. The van der Waals surface area contributed by atoms with Crippen LogP contribution in [0, 0.1) is 22.6 Å². The summed E-state index contributed by atoms with van der Waals surface area (Å²) in [6.07, 6.45) is 2.25. The van der Waals surface area contributed by atoms with Crippen LogP contribution in [0.5, 0.6) is 0 Å². The van der Waals surface area contributed by atoms with Crippen LogP contribution in [0.2, 0.25) is 0 Å². The van der Waals surface area contributed by atoms with Crippen LogP contribution in [-0.2, 0) is 16.9 Å². The van der Waals surface area contributed by atoms with Crippen molar-refractivity contribution in [2.45, 2.75) is 38.4 Å². The Balaban J connectivity index is 1.92. The van der Waals surface area contributed by atoms with E-state index < -0.39 is 5.60 Å². The first-order chi connectivity index (χ1) is 13.0. The fourth-order valence-corrected chi connectivity index (χ4v) is 3.73. The van der Waals surface area contributed by atoms with Crippen LogP contribution in [0.15, 0.2) is 42.5 Å². The second-order valence-corrected chi connectivity index (χ2v) is 6.93. The average Bonchev–Trinajstić information content (AvgIpc) is 3.06. The maximum Gasteiger partial charge on any atom is 0.123 e. The fraction of sp³-hybridized carbons (Fsp3) is 0.364. The number of halogens is 1. The van der Waals surface area contributed by atoms with Crippen LogP contribution in [0.3, 0.4) is 0 Å². The summed E-state index contributed by atoms with van der Waals surface area (Å²) in [7, 11) is 1.93. The quantitative estimate of drug-likeness (QED) is 0.602. The molecule has 1 unspecified atom stereocenters. The lowest BCUT2D eigenvalue weighted by Crippen LogP contribution is -2.31. The number of hydrogen-bond acceptors (Lipinski definition) is 3. The third-order valence-electron chi connectivity index (χ3n) is 5.27. The molecule has 0 aliphatic carbocycles. The molecular formula is C22H24FN3O. The minimum Gasteiger partial charge on any atom is -0.364 e. The first-order valence-corrected chi connectivity index (χ1v) is 9.22. The number of nitriles is 1. The molecule has 1 heterocycles. The van der Waals surface area contributed by atoms with Crippen molar-refractivity contribution in [1.82, 2.24) is 4.90 Å². The molecule has 0 bridgehead atoms. The van der Waals surface area contributed by atoms with Gasteiger partial charge in [0.2, 0.25) is 0 Å². The summed E-state index contributed by atoms with van der Waals surface area (Å²) in [6.45, 7) is 3.16. The summed E-state index contributed by atoms with van der Waals surface area (Å²) < 4.78 is 19.8. The zero-order valence-electron chi connectivity index (χ0n) is 15.8. The highest BCUT2D eigenvalue weighted by Gasteiger charge is 2.41. The molecule has 5 heteroatoms. The van der Waals surface area contributed by atoms with E-state index in [0.717, 1.165) is 36.1 Å². The summed E-state index contributed by atoms with van der Waals surface area (Å²) in [5.41, 5.74) is 2.94. The number of nitrogens with zero attached hydrogens (tertiary/aromatic N) is 2. The minimum absolute atomic E-state index is 0.275. The van der Waals surface area contributed by atoms with Crippen molar-refractivity contribution in [3.8, 4) is 6.07 Å². The van der Waals surface area contributed by atoms with Crippen molar-refractivity contribution in [1.29, 1.82) is 10.7 Å². The number of ether oxygens (including phenoxy) is 1. The predicted molar refractivity (Wildman–Crippen MR) is 103 cm³/mol. The largest absolute Gasteiger partial charge is 0.364 e. The summed E-state index contributed by atoms with van der Waals surface area (Å²) in [4.78, 5) is 1.95. The Morgan fingerprint density at radius 1 is 1.30 bits per heavy atom. The van der Waals surface area contributed by atoms with E-state index in [-0.39, 0.29) is 5.82 Å². The van der Waals surface area contributed by atoms with E-state index in [1.54, 1.807) is 12.1 Å².